The zero-order chi connectivity index (χ0) is 20.9. The molecule has 1 unspecified atom stereocenters. The lowest BCUT2D eigenvalue weighted by atomic mass is 10.1. The molecule has 0 N–H and O–H groups in total. The van der Waals surface area contributed by atoms with Gasteiger partial charge in [-0.2, -0.15) is 0 Å². The van der Waals surface area contributed by atoms with E-state index in [2.05, 4.69) is 10.3 Å². The van der Waals surface area contributed by atoms with Crippen molar-refractivity contribution in [2.45, 2.75) is 26.3 Å². The van der Waals surface area contributed by atoms with Gasteiger partial charge in [0.1, 0.15) is 5.69 Å². The fourth-order valence-corrected chi connectivity index (χ4v) is 3.71. The van der Waals surface area contributed by atoms with Crippen molar-refractivity contribution in [1.82, 2.24) is 19.9 Å². The van der Waals surface area contributed by atoms with Gasteiger partial charge >= 0.3 is 0 Å². The molecule has 2 aromatic carbocycles. The molecule has 30 heavy (non-hydrogen) atoms. The van der Waals surface area contributed by atoms with Crippen LogP contribution in [0.15, 0.2) is 54.7 Å². The molecule has 156 valence electrons. The van der Waals surface area contributed by atoms with Gasteiger partial charge in [0.25, 0.3) is 5.91 Å². The summed E-state index contributed by atoms with van der Waals surface area (Å²) >= 11 is 0. The van der Waals surface area contributed by atoms with Crippen LogP contribution in [0.2, 0.25) is 0 Å². The highest BCUT2D eigenvalue weighted by molar-refractivity contribution is 5.95. The number of amides is 1. The maximum Gasteiger partial charge on any atom is 0.254 e. The summed E-state index contributed by atoms with van der Waals surface area (Å²) in [6.45, 7) is 6.18. The Bertz CT molecular complexity index is 1000. The van der Waals surface area contributed by atoms with Gasteiger partial charge in [0.05, 0.1) is 25.5 Å². The first-order valence-corrected chi connectivity index (χ1v) is 10.4. The average Bonchev–Trinajstić information content (AvgIpc) is 3.45. The predicted molar refractivity (Wildman–Crippen MR) is 114 cm³/mol. The van der Waals surface area contributed by atoms with Gasteiger partial charge in [-0.1, -0.05) is 35.5 Å². The number of rotatable bonds is 7. The normalized spacial score (nSPS) is 15.9. The third kappa shape index (κ3) is 4.15. The van der Waals surface area contributed by atoms with Crippen LogP contribution in [0.1, 0.15) is 36.7 Å². The van der Waals surface area contributed by atoms with Crippen LogP contribution in [0.3, 0.4) is 0 Å². The van der Waals surface area contributed by atoms with Crippen molar-refractivity contribution in [2.75, 3.05) is 26.3 Å². The number of carbonyl (C=O) groups is 1. The van der Waals surface area contributed by atoms with E-state index in [9.17, 15) is 4.79 Å². The smallest absolute Gasteiger partial charge is 0.254 e. The SMILES string of the molecule is CCOc1ccc(C(=O)N2CCC(n3cc(-c4ccccc4)nn3)C2)cc1OCC. The number of benzene rings is 2. The minimum Gasteiger partial charge on any atom is -0.490 e. The molecule has 1 aliphatic rings. The zero-order valence-electron chi connectivity index (χ0n) is 17.3. The van der Waals surface area contributed by atoms with Crippen molar-refractivity contribution in [1.29, 1.82) is 0 Å². The second kappa shape index (κ2) is 8.98. The maximum absolute atomic E-state index is 13.1. The third-order valence-electron chi connectivity index (χ3n) is 5.19. The standard InChI is InChI=1S/C23H26N4O3/c1-3-29-21-11-10-18(14-22(21)30-4-2)23(28)26-13-12-19(15-26)27-16-20(24-25-27)17-8-6-5-7-9-17/h5-11,14,16,19H,3-4,12-13,15H2,1-2H3. The van der Waals surface area contributed by atoms with Crippen LogP contribution in [0, 0.1) is 0 Å². The lowest BCUT2D eigenvalue weighted by Gasteiger charge is -2.18. The van der Waals surface area contributed by atoms with Crippen molar-refractivity contribution < 1.29 is 14.3 Å². The molecule has 7 nitrogen and oxygen atoms in total. The Morgan fingerprint density at radius 2 is 1.83 bits per heavy atom. The number of carbonyl (C=O) groups excluding carboxylic acids is 1. The largest absolute Gasteiger partial charge is 0.490 e. The topological polar surface area (TPSA) is 69.5 Å². The second-order valence-corrected chi connectivity index (χ2v) is 7.17. The van der Waals surface area contributed by atoms with Gasteiger partial charge in [-0.25, -0.2) is 4.68 Å². The van der Waals surface area contributed by atoms with Crippen LogP contribution < -0.4 is 9.47 Å². The Kier molecular flexibility index (Phi) is 5.97. The fourth-order valence-electron chi connectivity index (χ4n) is 3.71. The predicted octanol–water partition coefficient (Wildman–Crippen LogP) is 3.83. The molecule has 1 aromatic heterocycles. The highest BCUT2D eigenvalue weighted by Crippen LogP contribution is 2.30. The van der Waals surface area contributed by atoms with Crippen LogP contribution in [-0.2, 0) is 0 Å². The zero-order valence-corrected chi connectivity index (χ0v) is 17.3. The Balaban J connectivity index is 1.46. The molecule has 1 atom stereocenters. The number of hydrogen-bond donors (Lipinski definition) is 0. The number of likely N-dealkylation sites (tertiary alicyclic amines) is 1. The first-order chi connectivity index (χ1) is 14.7. The lowest BCUT2D eigenvalue weighted by molar-refractivity contribution is 0.0786. The van der Waals surface area contributed by atoms with E-state index in [1.807, 2.05) is 60.0 Å². The van der Waals surface area contributed by atoms with Crippen LogP contribution >= 0.6 is 0 Å². The summed E-state index contributed by atoms with van der Waals surface area (Å²) in [7, 11) is 0. The number of hydrogen-bond acceptors (Lipinski definition) is 5. The van der Waals surface area contributed by atoms with E-state index < -0.39 is 0 Å². The van der Waals surface area contributed by atoms with E-state index in [0.717, 1.165) is 17.7 Å². The molecule has 0 bridgehead atoms. The highest BCUT2D eigenvalue weighted by atomic mass is 16.5. The summed E-state index contributed by atoms with van der Waals surface area (Å²) < 4.78 is 13.1. The summed E-state index contributed by atoms with van der Waals surface area (Å²) in [4.78, 5) is 14.9. The van der Waals surface area contributed by atoms with Crippen LogP contribution in [-0.4, -0.2) is 52.1 Å². The Hall–Kier alpha value is -3.35. The Labute approximate surface area is 176 Å². The fraction of sp³-hybridized carbons (Fsp3) is 0.348. The third-order valence-corrected chi connectivity index (χ3v) is 5.19. The lowest BCUT2D eigenvalue weighted by Crippen LogP contribution is -2.29. The van der Waals surface area contributed by atoms with Crippen LogP contribution in [0.25, 0.3) is 11.3 Å². The molecular weight excluding hydrogens is 380 g/mol. The van der Waals surface area contributed by atoms with Gasteiger partial charge in [0, 0.05) is 24.2 Å². The van der Waals surface area contributed by atoms with Gasteiger partial charge in [0.2, 0.25) is 0 Å². The molecule has 3 aromatic rings. The summed E-state index contributed by atoms with van der Waals surface area (Å²) in [6, 6.07) is 15.5. The number of aromatic nitrogens is 3. The van der Waals surface area contributed by atoms with E-state index in [1.54, 1.807) is 18.2 Å². The minimum absolute atomic E-state index is 0.00935. The van der Waals surface area contributed by atoms with Crippen LogP contribution in [0.4, 0.5) is 0 Å². The molecule has 0 spiro atoms. The van der Waals surface area contributed by atoms with E-state index in [1.165, 1.54) is 0 Å². The van der Waals surface area contributed by atoms with Gasteiger partial charge in [-0.3, -0.25) is 4.79 Å². The number of nitrogens with zero attached hydrogens (tertiary/aromatic N) is 4. The van der Waals surface area contributed by atoms with Crippen molar-refractivity contribution in [3.05, 3.63) is 60.3 Å². The summed E-state index contributed by atoms with van der Waals surface area (Å²) in [5.74, 6) is 1.25. The molecule has 1 saturated heterocycles. The van der Waals surface area contributed by atoms with Crippen molar-refractivity contribution in [3.63, 3.8) is 0 Å². The molecule has 1 fully saturated rings. The molecule has 0 radical (unpaired) electrons. The molecule has 2 heterocycles. The maximum atomic E-state index is 13.1. The number of ether oxygens (including phenoxy) is 2. The highest BCUT2D eigenvalue weighted by Gasteiger charge is 2.29. The van der Waals surface area contributed by atoms with Gasteiger partial charge in [0.15, 0.2) is 11.5 Å². The van der Waals surface area contributed by atoms with Crippen molar-refractivity contribution in [3.8, 4) is 22.8 Å². The van der Waals surface area contributed by atoms with Gasteiger partial charge in [-0.15, -0.1) is 5.10 Å². The molecule has 0 saturated carbocycles. The van der Waals surface area contributed by atoms with E-state index in [4.69, 9.17) is 9.47 Å². The summed E-state index contributed by atoms with van der Waals surface area (Å²) in [6.07, 6.45) is 2.80. The monoisotopic (exact) mass is 406 g/mol. The molecule has 1 amide bonds. The molecule has 4 rings (SSSR count). The Morgan fingerprint density at radius 3 is 2.60 bits per heavy atom. The molecule has 1 aliphatic heterocycles. The average molecular weight is 406 g/mol. The van der Waals surface area contributed by atoms with E-state index in [-0.39, 0.29) is 11.9 Å². The summed E-state index contributed by atoms with van der Waals surface area (Å²) in [5, 5.41) is 8.60. The molecule has 7 heteroatoms. The second-order valence-electron chi connectivity index (χ2n) is 7.17. The van der Waals surface area contributed by atoms with E-state index >= 15 is 0 Å². The summed E-state index contributed by atoms with van der Waals surface area (Å²) in [5.41, 5.74) is 2.48. The first kappa shape index (κ1) is 19.9. The van der Waals surface area contributed by atoms with E-state index in [0.29, 0.717) is 43.4 Å². The Morgan fingerprint density at radius 1 is 1.07 bits per heavy atom. The van der Waals surface area contributed by atoms with Crippen LogP contribution in [0.5, 0.6) is 11.5 Å². The minimum atomic E-state index is -0.00935. The first-order valence-electron chi connectivity index (χ1n) is 10.4. The quantitative estimate of drug-likeness (QED) is 0.596. The molecule has 0 aliphatic carbocycles. The van der Waals surface area contributed by atoms with Gasteiger partial charge < -0.3 is 14.4 Å². The van der Waals surface area contributed by atoms with Crippen molar-refractivity contribution >= 4 is 5.91 Å². The van der Waals surface area contributed by atoms with Crippen molar-refractivity contribution in [2.24, 2.45) is 0 Å². The molecular formula is C23H26N4O3. The van der Waals surface area contributed by atoms with Gasteiger partial charge in [-0.05, 0) is 38.5 Å².